The number of aliphatic carboxylic acids is 1. The Hall–Kier alpha value is -1.06. The van der Waals surface area contributed by atoms with E-state index in [0.29, 0.717) is 19.5 Å². The van der Waals surface area contributed by atoms with Crippen LogP contribution in [0.4, 0.5) is 0 Å². The number of carboxylic acid groups (broad SMARTS) is 1. The standard InChI is InChI=1S/C15H27NO3/c1-4-6-7-12(5-2)14(17)16-9-11(3)8-13(10-16)15(18)19/h11-13H,4-10H2,1-3H3,(H,18,19). The van der Waals surface area contributed by atoms with Crippen LogP contribution >= 0.6 is 0 Å². The summed E-state index contributed by atoms with van der Waals surface area (Å²) >= 11 is 0. The Balaban J connectivity index is 2.65. The maximum Gasteiger partial charge on any atom is 0.308 e. The minimum absolute atomic E-state index is 0.0692. The molecule has 0 aromatic carbocycles. The van der Waals surface area contributed by atoms with Crippen molar-refractivity contribution >= 4 is 11.9 Å². The number of likely N-dealkylation sites (tertiary alicyclic amines) is 1. The Morgan fingerprint density at radius 3 is 2.53 bits per heavy atom. The normalized spacial score (nSPS) is 25.1. The summed E-state index contributed by atoms with van der Waals surface area (Å²) in [6.45, 7) is 7.30. The van der Waals surface area contributed by atoms with Gasteiger partial charge in [-0.05, 0) is 25.2 Å². The Kier molecular flexibility index (Phi) is 6.32. The molecule has 0 aliphatic carbocycles. The molecule has 1 rings (SSSR count). The lowest BCUT2D eigenvalue weighted by Crippen LogP contribution is -2.47. The highest BCUT2D eigenvalue weighted by Crippen LogP contribution is 2.25. The van der Waals surface area contributed by atoms with Crippen molar-refractivity contribution in [3.05, 3.63) is 0 Å². The van der Waals surface area contributed by atoms with Crippen LogP contribution in [0.2, 0.25) is 0 Å². The number of hydrogen-bond acceptors (Lipinski definition) is 2. The van der Waals surface area contributed by atoms with Crippen molar-refractivity contribution in [1.82, 2.24) is 4.90 Å². The fraction of sp³-hybridized carbons (Fsp3) is 0.867. The summed E-state index contributed by atoms with van der Waals surface area (Å²) in [4.78, 5) is 25.4. The molecule has 1 heterocycles. The molecule has 0 saturated carbocycles. The van der Waals surface area contributed by atoms with Gasteiger partial charge in [0.05, 0.1) is 5.92 Å². The molecule has 4 nitrogen and oxygen atoms in total. The van der Waals surface area contributed by atoms with Crippen molar-refractivity contribution in [2.24, 2.45) is 17.8 Å². The predicted molar refractivity (Wildman–Crippen MR) is 74.8 cm³/mol. The Morgan fingerprint density at radius 1 is 1.32 bits per heavy atom. The highest BCUT2D eigenvalue weighted by atomic mass is 16.4. The van der Waals surface area contributed by atoms with Crippen LogP contribution in [0, 0.1) is 17.8 Å². The summed E-state index contributed by atoms with van der Waals surface area (Å²) in [5, 5.41) is 9.15. The molecule has 3 atom stereocenters. The Labute approximate surface area is 116 Å². The summed E-state index contributed by atoms with van der Waals surface area (Å²) < 4.78 is 0. The van der Waals surface area contributed by atoms with E-state index in [1.54, 1.807) is 4.90 Å². The first-order valence-corrected chi connectivity index (χ1v) is 7.51. The van der Waals surface area contributed by atoms with E-state index in [9.17, 15) is 9.59 Å². The van der Waals surface area contributed by atoms with E-state index in [-0.39, 0.29) is 17.7 Å². The number of unbranched alkanes of at least 4 members (excludes halogenated alkanes) is 1. The van der Waals surface area contributed by atoms with Crippen LogP contribution < -0.4 is 0 Å². The lowest BCUT2D eigenvalue weighted by atomic mass is 9.88. The molecule has 1 amide bonds. The molecule has 1 N–H and O–H groups in total. The highest BCUT2D eigenvalue weighted by Gasteiger charge is 2.33. The number of amides is 1. The number of carbonyl (C=O) groups is 2. The van der Waals surface area contributed by atoms with Crippen LogP contribution in [0.15, 0.2) is 0 Å². The fourth-order valence-corrected chi connectivity index (χ4v) is 2.92. The molecule has 0 radical (unpaired) electrons. The second-order valence-electron chi connectivity index (χ2n) is 5.87. The molecular weight excluding hydrogens is 242 g/mol. The third-order valence-electron chi connectivity index (χ3n) is 4.07. The zero-order chi connectivity index (χ0) is 14.4. The van der Waals surface area contributed by atoms with Crippen molar-refractivity contribution in [2.75, 3.05) is 13.1 Å². The molecule has 1 fully saturated rings. The van der Waals surface area contributed by atoms with Crippen molar-refractivity contribution in [3.8, 4) is 0 Å². The summed E-state index contributed by atoms with van der Waals surface area (Å²) in [5.41, 5.74) is 0. The van der Waals surface area contributed by atoms with Gasteiger partial charge in [0.1, 0.15) is 0 Å². The minimum atomic E-state index is -0.772. The first kappa shape index (κ1) is 16.0. The highest BCUT2D eigenvalue weighted by molar-refractivity contribution is 5.80. The molecular formula is C15H27NO3. The largest absolute Gasteiger partial charge is 0.481 e. The molecule has 110 valence electrons. The van der Waals surface area contributed by atoms with Gasteiger partial charge in [-0.3, -0.25) is 9.59 Å². The van der Waals surface area contributed by atoms with E-state index in [0.717, 1.165) is 25.7 Å². The van der Waals surface area contributed by atoms with Gasteiger partial charge in [0.2, 0.25) is 5.91 Å². The van der Waals surface area contributed by atoms with Crippen molar-refractivity contribution in [2.45, 2.75) is 52.9 Å². The molecule has 1 aliphatic rings. The average molecular weight is 269 g/mol. The predicted octanol–water partition coefficient (Wildman–Crippen LogP) is 2.77. The molecule has 0 aromatic rings. The van der Waals surface area contributed by atoms with Crippen LogP contribution in [-0.2, 0) is 9.59 Å². The number of carboxylic acids is 1. The first-order valence-electron chi connectivity index (χ1n) is 7.51. The van der Waals surface area contributed by atoms with Gasteiger partial charge in [-0.15, -0.1) is 0 Å². The molecule has 3 unspecified atom stereocenters. The van der Waals surface area contributed by atoms with E-state index in [1.807, 2.05) is 13.8 Å². The Bertz CT molecular complexity index is 317. The molecule has 0 bridgehead atoms. The molecule has 1 aliphatic heterocycles. The molecule has 19 heavy (non-hydrogen) atoms. The SMILES string of the molecule is CCCCC(CC)C(=O)N1CC(C)CC(C(=O)O)C1. The van der Waals surface area contributed by atoms with Gasteiger partial charge in [-0.1, -0.05) is 33.6 Å². The topological polar surface area (TPSA) is 57.6 Å². The third kappa shape index (κ3) is 4.51. The van der Waals surface area contributed by atoms with Crippen LogP contribution in [-0.4, -0.2) is 35.0 Å². The van der Waals surface area contributed by atoms with Crippen molar-refractivity contribution in [1.29, 1.82) is 0 Å². The van der Waals surface area contributed by atoms with Crippen molar-refractivity contribution < 1.29 is 14.7 Å². The summed E-state index contributed by atoms with van der Waals surface area (Å²) in [7, 11) is 0. The van der Waals surface area contributed by atoms with Gasteiger partial charge >= 0.3 is 5.97 Å². The minimum Gasteiger partial charge on any atom is -0.481 e. The number of carbonyl (C=O) groups excluding carboxylic acids is 1. The number of nitrogens with zero attached hydrogens (tertiary/aromatic N) is 1. The molecule has 1 saturated heterocycles. The van der Waals surface area contributed by atoms with Gasteiger partial charge in [-0.2, -0.15) is 0 Å². The van der Waals surface area contributed by atoms with Gasteiger partial charge in [-0.25, -0.2) is 0 Å². The van der Waals surface area contributed by atoms with Gasteiger partial charge in [0.15, 0.2) is 0 Å². The summed E-state index contributed by atoms with van der Waals surface area (Å²) in [5.74, 6) is -0.654. The van der Waals surface area contributed by atoms with Gasteiger partial charge in [0.25, 0.3) is 0 Å². The molecule has 0 spiro atoms. The maximum atomic E-state index is 12.5. The van der Waals surface area contributed by atoms with E-state index in [1.165, 1.54) is 0 Å². The van der Waals surface area contributed by atoms with E-state index in [2.05, 4.69) is 6.92 Å². The van der Waals surface area contributed by atoms with Crippen LogP contribution in [0.25, 0.3) is 0 Å². The third-order valence-corrected chi connectivity index (χ3v) is 4.07. The molecule has 4 heteroatoms. The zero-order valence-electron chi connectivity index (χ0n) is 12.4. The summed E-state index contributed by atoms with van der Waals surface area (Å²) in [6.07, 6.45) is 4.62. The average Bonchev–Trinajstić information content (AvgIpc) is 2.38. The second-order valence-corrected chi connectivity index (χ2v) is 5.87. The number of hydrogen-bond donors (Lipinski definition) is 1. The molecule has 0 aromatic heterocycles. The Morgan fingerprint density at radius 2 is 2.00 bits per heavy atom. The van der Waals surface area contributed by atoms with E-state index >= 15 is 0 Å². The van der Waals surface area contributed by atoms with Crippen LogP contribution in [0.1, 0.15) is 52.9 Å². The smallest absolute Gasteiger partial charge is 0.308 e. The van der Waals surface area contributed by atoms with Crippen LogP contribution in [0.5, 0.6) is 0 Å². The maximum absolute atomic E-state index is 12.5. The lowest BCUT2D eigenvalue weighted by molar-refractivity contribution is -0.148. The summed E-state index contributed by atoms with van der Waals surface area (Å²) in [6, 6.07) is 0. The van der Waals surface area contributed by atoms with Gasteiger partial charge in [0, 0.05) is 19.0 Å². The second kappa shape index (κ2) is 7.51. The van der Waals surface area contributed by atoms with E-state index in [4.69, 9.17) is 5.11 Å². The fourth-order valence-electron chi connectivity index (χ4n) is 2.92. The quantitative estimate of drug-likeness (QED) is 0.806. The lowest BCUT2D eigenvalue weighted by Gasteiger charge is -2.36. The number of rotatable bonds is 6. The van der Waals surface area contributed by atoms with Crippen molar-refractivity contribution in [3.63, 3.8) is 0 Å². The first-order chi connectivity index (χ1) is 8.99. The van der Waals surface area contributed by atoms with E-state index < -0.39 is 11.9 Å². The zero-order valence-corrected chi connectivity index (χ0v) is 12.4. The van der Waals surface area contributed by atoms with Gasteiger partial charge < -0.3 is 10.0 Å². The van der Waals surface area contributed by atoms with Crippen LogP contribution in [0.3, 0.4) is 0 Å². The number of piperidine rings is 1. The monoisotopic (exact) mass is 269 g/mol.